The monoisotopic (exact) mass is 213 g/mol. The SMILES string of the molecule is Cc1cc(C)cc(CN=C(N)N)c1.Cl. The molecule has 1 rings (SSSR count). The Kier molecular flexibility index (Phi) is 5.02. The lowest BCUT2D eigenvalue weighted by molar-refractivity contribution is 1.04. The molecule has 0 amide bonds. The summed E-state index contributed by atoms with van der Waals surface area (Å²) < 4.78 is 0. The maximum atomic E-state index is 5.24. The Morgan fingerprint density at radius 2 is 1.64 bits per heavy atom. The van der Waals surface area contributed by atoms with E-state index < -0.39 is 0 Å². The zero-order chi connectivity index (χ0) is 9.84. The predicted molar refractivity (Wildman–Crippen MR) is 62.7 cm³/mol. The summed E-state index contributed by atoms with van der Waals surface area (Å²) in [5, 5.41) is 0. The minimum Gasteiger partial charge on any atom is -0.370 e. The molecule has 0 aliphatic rings. The van der Waals surface area contributed by atoms with Crippen LogP contribution in [0.3, 0.4) is 0 Å². The fourth-order valence-corrected chi connectivity index (χ4v) is 1.34. The molecule has 0 fully saturated rings. The number of hydrogen-bond acceptors (Lipinski definition) is 1. The van der Waals surface area contributed by atoms with Crippen molar-refractivity contribution >= 4 is 18.4 Å². The Hall–Kier alpha value is -1.22. The molecule has 0 saturated carbocycles. The highest BCUT2D eigenvalue weighted by Gasteiger charge is 1.94. The summed E-state index contributed by atoms with van der Waals surface area (Å²) in [6.45, 7) is 4.68. The Bertz CT molecular complexity index is 310. The van der Waals surface area contributed by atoms with E-state index in [0.29, 0.717) is 6.54 Å². The molecule has 78 valence electrons. The van der Waals surface area contributed by atoms with Crippen molar-refractivity contribution in [3.8, 4) is 0 Å². The Balaban J connectivity index is 0.00000169. The van der Waals surface area contributed by atoms with Gasteiger partial charge in [0.15, 0.2) is 5.96 Å². The normalized spacial score (nSPS) is 9.00. The number of hydrogen-bond donors (Lipinski definition) is 2. The fourth-order valence-electron chi connectivity index (χ4n) is 1.34. The van der Waals surface area contributed by atoms with Gasteiger partial charge in [-0.3, -0.25) is 0 Å². The molecule has 0 aromatic heterocycles. The Labute approximate surface area is 90.6 Å². The largest absolute Gasteiger partial charge is 0.370 e. The van der Waals surface area contributed by atoms with Gasteiger partial charge in [0.25, 0.3) is 0 Å². The molecule has 0 aliphatic heterocycles. The third-order valence-corrected chi connectivity index (χ3v) is 1.73. The van der Waals surface area contributed by atoms with Gasteiger partial charge >= 0.3 is 0 Å². The summed E-state index contributed by atoms with van der Waals surface area (Å²) in [6, 6.07) is 6.29. The van der Waals surface area contributed by atoms with Crippen LogP contribution in [0.4, 0.5) is 0 Å². The van der Waals surface area contributed by atoms with Crippen LogP contribution < -0.4 is 11.5 Å². The van der Waals surface area contributed by atoms with Crippen molar-refractivity contribution in [3.63, 3.8) is 0 Å². The minimum atomic E-state index is 0. The van der Waals surface area contributed by atoms with Gasteiger partial charge in [0.05, 0.1) is 6.54 Å². The Morgan fingerprint density at radius 3 is 2.07 bits per heavy atom. The number of benzene rings is 1. The van der Waals surface area contributed by atoms with E-state index in [1.165, 1.54) is 11.1 Å². The number of aryl methyl sites for hydroxylation is 2. The molecule has 3 nitrogen and oxygen atoms in total. The number of halogens is 1. The highest BCUT2D eigenvalue weighted by molar-refractivity contribution is 5.85. The molecule has 0 saturated heterocycles. The van der Waals surface area contributed by atoms with Crippen molar-refractivity contribution in [3.05, 3.63) is 34.9 Å². The summed E-state index contributed by atoms with van der Waals surface area (Å²) in [5.74, 6) is 0.138. The van der Waals surface area contributed by atoms with Crippen molar-refractivity contribution in [2.75, 3.05) is 0 Å². The lowest BCUT2D eigenvalue weighted by Crippen LogP contribution is -2.22. The van der Waals surface area contributed by atoms with E-state index >= 15 is 0 Å². The molecular formula is C10H16ClN3. The predicted octanol–water partition coefficient (Wildman–Crippen LogP) is 1.50. The third-order valence-electron chi connectivity index (χ3n) is 1.73. The third kappa shape index (κ3) is 4.14. The standard InChI is InChI=1S/C10H15N3.ClH/c1-7-3-8(2)5-9(4-7)6-13-10(11)12;/h3-5H,6H2,1-2H3,(H4,11,12,13);1H. The van der Waals surface area contributed by atoms with Crippen LogP contribution in [0.2, 0.25) is 0 Å². The van der Waals surface area contributed by atoms with Crippen molar-refractivity contribution in [1.29, 1.82) is 0 Å². The molecule has 14 heavy (non-hydrogen) atoms. The molecule has 0 bridgehead atoms. The van der Waals surface area contributed by atoms with Crippen LogP contribution >= 0.6 is 12.4 Å². The van der Waals surface area contributed by atoms with Crippen LogP contribution in [-0.2, 0) is 6.54 Å². The first-order valence-corrected chi connectivity index (χ1v) is 4.20. The molecule has 0 atom stereocenters. The van der Waals surface area contributed by atoms with Crippen molar-refractivity contribution in [2.45, 2.75) is 20.4 Å². The van der Waals surface area contributed by atoms with Gasteiger partial charge in [-0.05, 0) is 19.4 Å². The lowest BCUT2D eigenvalue weighted by atomic mass is 10.1. The first kappa shape index (κ1) is 12.8. The number of guanidine groups is 1. The van der Waals surface area contributed by atoms with Crippen LogP contribution in [0.1, 0.15) is 16.7 Å². The van der Waals surface area contributed by atoms with Crippen LogP contribution in [0, 0.1) is 13.8 Å². The molecule has 4 N–H and O–H groups in total. The molecule has 0 radical (unpaired) electrons. The van der Waals surface area contributed by atoms with Crippen LogP contribution in [0.15, 0.2) is 23.2 Å². The average molecular weight is 214 g/mol. The molecule has 0 heterocycles. The molecule has 1 aromatic carbocycles. The van der Waals surface area contributed by atoms with Crippen LogP contribution in [0.5, 0.6) is 0 Å². The molecule has 0 aliphatic carbocycles. The quantitative estimate of drug-likeness (QED) is 0.578. The Morgan fingerprint density at radius 1 is 1.14 bits per heavy atom. The van der Waals surface area contributed by atoms with Gasteiger partial charge < -0.3 is 11.5 Å². The van der Waals surface area contributed by atoms with E-state index in [1.807, 2.05) is 0 Å². The summed E-state index contributed by atoms with van der Waals surface area (Å²) in [7, 11) is 0. The highest BCUT2D eigenvalue weighted by Crippen LogP contribution is 2.09. The maximum absolute atomic E-state index is 5.24. The van der Waals surface area contributed by atoms with Crippen LogP contribution in [-0.4, -0.2) is 5.96 Å². The summed E-state index contributed by atoms with van der Waals surface area (Å²) in [4.78, 5) is 3.95. The lowest BCUT2D eigenvalue weighted by Gasteiger charge is -2.01. The fraction of sp³-hybridized carbons (Fsp3) is 0.300. The summed E-state index contributed by atoms with van der Waals surface area (Å²) in [6.07, 6.45) is 0. The van der Waals surface area contributed by atoms with Crippen LogP contribution in [0.25, 0.3) is 0 Å². The average Bonchev–Trinajstić information content (AvgIpc) is 1.99. The van der Waals surface area contributed by atoms with Gasteiger partial charge in [-0.2, -0.15) is 0 Å². The van der Waals surface area contributed by atoms with E-state index in [0.717, 1.165) is 5.56 Å². The van der Waals surface area contributed by atoms with Gasteiger partial charge in [0.2, 0.25) is 0 Å². The zero-order valence-corrected chi connectivity index (χ0v) is 9.27. The van der Waals surface area contributed by atoms with Gasteiger partial charge in [-0.1, -0.05) is 29.3 Å². The van der Waals surface area contributed by atoms with E-state index in [9.17, 15) is 0 Å². The number of nitrogens with zero attached hydrogens (tertiary/aromatic N) is 1. The first-order chi connectivity index (χ1) is 6.08. The van der Waals surface area contributed by atoms with Gasteiger partial charge in [0.1, 0.15) is 0 Å². The topological polar surface area (TPSA) is 64.4 Å². The van der Waals surface area contributed by atoms with Crippen molar-refractivity contribution in [1.82, 2.24) is 0 Å². The van der Waals surface area contributed by atoms with Gasteiger partial charge in [-0.15, -0.1) is 12.4 Å². The number of rotatable bonds is 2. The molecular weight excluding hydrogens is 198 g/mol. The van der Waals surface area contributed by atoms with E-state index in [2.05, 4.69) is 37.0 Å². The first-order valence-electron chi connectivity index (χ1n) is 4.20. The van der Waals surface area contributed by atoms with Gasteiger partial charge in [-0.25, -0.2) is 4.99 Å². The van der Waals surface area contributed by atoms with E-state index in [4.69, 9.17) is 11.5 Å². The second-order valence-electron chi connectivity index (χ2n) is 3.24. The summed E-state index contributed by atoms with van der Waals surface area (Å²) in [5.41, 5.74) is 14.1. The second kappa shape index (κ2) is 5.50. The van der Waals surface area contributed by atoms with Crippen molar-refractivity contribution in [2.24, 2.45) is 16.5 Å². The second-order valence-corrected chi connectivity index (χ2v) is 3.24. The minimum absolute atomic E-state index is 0. The maximum Gasteiger partial charge on any atom is 0.186 e. The number of aliphatic imine (C=N–C) groups is 1. The number of nitrogens with two attached hydrogens (primary N) is 2. The highest BCUT2D eigenvalue weighted by atomic mass is 35.5. The zero-order valence-electron chi connectivity index (χ0n) is 8.45. The molecule has 4 heteroatoms. The van der Waals surface area contributed by atoms with Gasteiger partial charge in [0, 0.05) is 0 Å². The smallest absolute Gasteiger partial charge is 0.186 e. The summed E-state index contributed by atoms with van der Waals surface area (Å²) >= 11 is 0. The van der Waals surface area contributed by atoms with E-state index in [1.54, 1.807) is 0 Å². The molecule has 1 aromatic rings. The molecule has 0 spiro atoms. The van der Waals surface area contributed by atoms with E-state index in [-0.39, 0.29) is 18.4 Å². The molecule has 0 unspecified atom stereocenters. The van der Waals surface area contributed by atoms with Crippen molar-refractivity contribution < 1.29 is 0 Å².